The summed E-state index contributed by atoms with van der Waals surface area (Å²) in [6.07, 6.45) is -4.24. The van der Waals surface area contributed by atoms with Crippen LogP contribution in [0.1, 0.15) is 11.1 Å². The van der Waals surface area contributed by atoms with Crippen molar-refractivity contribution in [3.05, 3.63) is 86.6 Å². The fraction of sp³-hybridized carbons (Fsp3) is 0.160. The molecule has 0 bridgehead atoms. The molecule has 1 aliphatic heterocycles. The normalized spacial score (nSPS) is 13.2. The number of H-pyrrole nitrogens is 1. The van der Waals surface area contributed by atoms with E-state index < -0.39 is 6.36 Å². The predicted molar refractivity (Wildman–Crippen MR) is 128 cm³/mol. The van der Waals surface area contributed by atoms with E-state index in [0.717, 1.165) is 16.5 Å². The number of hydrogen-bond acceptors (Lipinski definition) is 4. The largest absolute Gasteiger partial charge is 0.573 e. The van der Waals surface area contributed by atoms with Crippen molar-refractivity contribution >= 4 is 38.3 Å². The second-order valence-electron chi connectivity index (χ2n) is 8.08. The number of nitrogens with one attached hydrogen (secondary N) is 1. The molecule has 0 atom stereocenters. The molecule has 10 heteroatoms. The number of anilines is 1. The monoisotopic (exact) mass is 543 g/mol. The lowest BCUT2D eigenvalue weighted by molar-refractivity contribution is -0.274. The average molecular weight is 544 g/mol. The van der Waals surface area contributed by atoms with Crippen LogP contribution in [0.25, 0.3) is 22.0 Å². The van der Waals surface area contributed by atoms with Crippen LogP contribution in [0.15, 0.2) is 69.9 Å². The SMILES string of the molecule is O=C(Cc1ccc(-c2n[nH]c(=O)c3ccccc23)cc1)N1CCc2cc(OC(F)(F)F)cc(Br)c21. The lowest BCUT2D eigenvalue weighted by atomic mass is 10.0. The van der Waals surface area contributed by atoms with Gasteiger partial charge < -0.3 is 9.64 Å². The average Bonchev–Trinajstić information content (AvgIpc) is 3.24. The Labute approximate surface area is 205 Å². The number of benzene rings is 3. The smallest absolute Gasteiger partial charge is 0.406 e. The zero-order valence-electron chi connectivity index (χ0n) is 18.0. The van der Waals surface area contributed by atoms with E-state index in [0.29, 0.717) is 39.8 Å². The summed E-state index contributed by atoms with van der Waals surface area (Å²) in [5.74, 6) is -0.495. The number of ether oxygens (including phenoxy) is 1. The van der Waals surface area contributed by atoms with Crippen molar-refractivity contribution in [1.29, 1.82) is 0 Å². The zero-order chi connectivity index (χ0) is 24.7. The number of hydrogen-bond donors (Lipinski definition) is 1. The summed E-state index contributed by atoms with van der Waals surface area (Å²) in [4.78, 5) is 26.7. The van der Waals surface area contributed by atoms with E-state index in [4.69, 9.17) is 0 Å². The van der Waals surface area contributed by atoms with Gasteiger partial charge in [-0.3, -0.25) is 9.59 Å². The first-order valence-corrected chi connectivity index (χ1v) is 11.4. The molecule has 5 rings (SSSR count). The number of carbonyl (C=O) groups excluding carboxylic acids is 1. The van der Waals surface area contributed by atoms with Crippen LogP contribution in [-0.2, 0) is 17.6 Å². The first-order valence-electron chi connectivity index (χ1n) is 10.6. The highest BCUT2D eigenvalue weighted by Crippen LogP contribution is 2.40. The Kier molecular flexibility index (Phi) is 5.84. The van der Waals surface area contributed by atoms with Crippen LogP contribution in [0.4, 0.5) is 18.9 Å². The van der Waals surface area contributed by atoms with Crippen LogP contribution in [-0.4, -0.2) is 29.0 Å². The molecule has 6 nitrogen and oxygen atoms in total. The molecule has 35 heavy (non-hydrogen) atoms. The Hall–Kier alpha value is -3.66. The summed E-state index contributed by atoms with van der Waals surface area (Å²) in [7, 11) is 0. The molecule has 0 unspecified atom stereocenters. The molecule has 1 aromatic heterocycles. The molecule has 3 aromatic carbocycles. The van der Waals surface area contributed by atoms with Gasteiger partial charge in [-0.05, 0) is 51.7 Å². The standard InChI is InChI=1S/C25H17BrF3N3O3/c26-20-13-17(35-25(27,28)29)12-16-9-10-32(23(16)20)21(33)11-14-5-7-15(8-6-14)22-18-3-1-2-4-19(18)24(34)31-30-22/h1-8,12-13H,9-11H2,(H,31,34). The number of carbonyl (C=O) groups is 1. The van der Waals surface area contributed by atoms with Crippen molar-refractivity contribution in [2.45, 2.75) is 19.2 Å². The molecule has 4 aromatic rings. The fourth-order valence-electron chi connectivity index (χ4n) is 4.29. The molecule has 0 radical (unpaired) electrons. The van der Waals surface area contributed by atoms with Crippen LogP contribution in [0.3, 0.4) is 0 Å². The van der Waals surface area contributed by atoms with Crippen molar-refractivity contribution in [3.8, 4) is 17.0 Å². The van der Waals surface area contributed by atoms with E-state index in [9.17, 15) is 22.8 Å². The molecule has 1 amide bonds. The Morgan fingerprint density at radius 3 is 2.51 bits per heavy atom. The van der Waals surface area contributed by atoms with Crippen molar-refractivity contribution in [2.24, 2.45) is 0 Å². The molecule has 0 spiro atoms. The number of nitrogens with zero attached hydrogens (tertiary/aromatic N) is 2. The minimum atomic E-state index is -4.79. The maximum absolute atomic E-state index is 13.1. The molecule has 0 saturated carbocycles. The maximum atomic E-state index is 13.1. The molecular formula is C25H17BrF3N3O3. The highest BCUT2D eigenvalue weighted by Gasteiger charge is 2.33. The summed E-state index contributed by atoms with van der Waals surface area (Å²) in [5, 5.41) is 7.98. The second-order valence-corrected chi connectivity index (χ2v) is 8.93. The van der Waals surface area contributed by atoms with Gasteiger partial charge in [-0.2, -0.15) is 5.10 Å². The Morgan fingerprint density at radius 2 is 1.80 bits per heavy atom. The van der Waals surface area contributed by atoms with E-state index in [1.807, 2.05) is 36.4 Å². The van der Waals surface area contributed by atoms with Gasteiger partial charge >= 0.3 is 6.36 Å². The molecule has 0 fully saturated rings. The molecule has 2 heterocycles. The van der Waals surface area contributed by atoms with Gasteiger partial charge in [0, 0.05) is 22.0 Å². The van der Waals surface area contributed by atoms with Crippen LogP contribution in [0.5, 0.6) is 5.75 Å². The molecular weight excluding hydrogens is 527 g/mol. The van der Waals surface area contributed by atoms with Crippen LogP contribution in [0, 0.1) is 0 Å². The zero-order valence-corrected chi connectivity index (χ0v) is 19.6. The molecule has 0 aliphatic carbocycles. The lowest BCUT2D eigenvalue weighted by Crippen LogP contribution is -2.30. The molecule has 0 saturated heterocycles. The number of rotatable bonds is 4. The fourth-order valence-corrected chi connectivity index (χ4v) is 4.99. The van der Waals surface area contributed by atoms with E-state index in [1.54, 1.807) is 17.0 Å². The summed E-state index contributed by atoms with van der Waals surface area (Å²) in [5.41, 5.74) is 3.10. The number of halogens is 4. The molecule has 1 N–H and O–H groups in total. The van der Waals surface area contributed by atoms with Gasteiger partial charge in [0.05, 0.1) is 23.2 Å². The number of aromatic amines is 1. The third kappa shape index (κ3) is 4.66. The van der Waals surface area contributed by atoms with E-state index in [1.165, 1.54) is 12.1 Å². The first kappa shape index (κ1) is 23.1. The van der Waals surface area contributed by atoms with Gasteiger partial charge in [-0.1, -0.05) is 42.5 Å². The third-order valence-electron chi connectivity index (χ3n) is 5.80. The highest BCUT2D eigenvalue weighted by atomic mass is 79.9. The summed E-state index contributed by atoms with van der Waals surface area (Å²) >= 11 is 3.29. The number of aromatic nitrogens is 2. The minimum Gasteiger partial charge on any atom is -0.406 e. The van der Waals surface area contributed by atoms with E-state index in [2.05, 4.69) is 30.9 Å². The van der Waals surface area contributed by atoms with E-state index >= 15 is 0 Å². The van der Waals surface area contributed by atoms with Gasteiger partial charge in [-0.25, -0.2) is 5.10 Å². The Balaban J connectivity index is 1.35. The predicted octanol–water partition coefficient (Wildman–Crippen LogP) is 5.38. The van der Waals surface area contributed by atoms with Gasteiger partial charge in [-0.15, -0.1) is 13.2 Å². The summed E-state index contributed by atoms with van der Waals surface area (Å²) in [6, 6.07) is 17.0. The highest BCUT2D eigenvalue weighted by molar-refractivity contribution is 9.10. The van der Waals surface area contributed by atoms with Crippen LogP contribution >= 0.6 is 15.9 Å². The Bertz CT molecular complexity index is 1500. The quantitative estimate of drug-likeness (QED) is 0.375. The van der Waals surface area contributed by atoms with Crippen molar-refractivity contribution in [3.63, 3.8) is 0 Å². The van der Waals surface area contributed by atoms with Gasteiger partial charge in [0.2, 0.25) is 5.91 Å². The minimum absolute atomic E-state index is 0.118. The lowest BCUT2D eigenvalue weighted by Gasteiger charge is -2.20. The second kappa shape index (κ2) is 8.84. The topological polar surface area (TPSA) is 75.3 Å². The molecule has 1 aliphatic rings. The number of alkyl halides is 3. The van der Waals surface area contributed by atoms with Gasteiger partial charge in [0.25, 0.3) is 5.56 Å². The summed E-state index contributed by atoms with van der Waals surface area (Å²) < 4.78 is 42.1. The van der Waals surface area contributed by atoms with E-state index in [-0.39, 0.29) is 23.6 Å². The summed E-state index contributed by atoms with van der Waals surface area (Å²) in [6.45, 7) is 0.369. The maximum Gasteiger partial charge on any atom is 0.573 e. The van der Waals surface area contributed by atoms with Gasteiger partial charge in [0.15, 0.2) is 0 Å². The van der Waals surface area contributed by atoms with Crippen LogP contribution in [0.2, 0.25) is 0 Å². The van der Waals surface area contributed by atoms with Crippen molar-refractivity contribution in [2.75, 3.05) is 11.4 Å². The molecule has 178 valence electrons. The van der Waals surface area contributed by atoms with Crippen LogP contribution < -0.4 is 15.2 Å². The third-order valence-corrected chi connectivity index (χ3v) is 6.41. The van der Waals surface area contributed by atoms with Crippen molar-refractivity contribution < 1.29 is 22.7 Å². The number of fused-ring (bicyclic) bond motifs is 2. The number of amides is 1. The first-order chi connectivity index (χ1) is 16.7. The van der Waals surface area contributed by atoms with Crippen molar-refractivity contribution in [1.82, 2.24) is 10.2 Å². The van der Waals surface area contributed by atoms with Gasteiger partial charge in [0.1, 0.15) is 5.75 Å². The Morgan fingerprint density at radius 1 is 1.09 bits per heavy atom.